The Kier molecular flexibility index (Phi) is 5.76. The summed E-state index contributed by atoms with van der Waals surface area (Å²) in [4.78, 5) is 26.6. The van der Waals surface area contributed by atoms with Crippen molar-refractivity contribution >= 4 is 28.4 Å². The predicted octanol–water partition coefficient (Wildman–Crippen LogP) is 4.66. The molecular formula is C26H25N5O2. The van der Waals surface area contributed by atoms with Gasteiger partial charge < -0.3 is 19.9 Å². The Balaban J connectivity index is 1.34. The van der Waals surface area contributed by atoms with Crippen molar-refractivity contribution in [1.29, 1.82) is 0 Å². The molecule has 4 aromatic rings. The molecule has 0 saturated carbocycles. The summed E-state index contributed by atoms with van der Waals surface area (Å²) in [7, 11) is 1.61. The van der Waals surface area contributed by atoms with Crippen LogP contribution in [0, 0.1) is 0 Å². The molecule has 166 valence electrons. The van der Waals surface area contributed by atoms with Gasteiger partial charge in [-0.2, -0.15) is 0 Å². The topological polar surface area (TPSA) is 70.6 Å². The number of hydrogen-bond donors (Lipinski definition) is 1. The van der Waals surface area contributed by atoms with E-state index in [1.54, 1.807) is 7.11 Å². The molecule has 2 amide bonds. The molecule has 3 aromatic carbocycles. The van der Waals surface area contributed by atoms with Crippen LogP contribution >= 0.6 is 0 Å². The molecule has 1 N–H and O–H groups in total. The molecule has 0 spiro atoms. The summed E-state index contributed by atoms with van der Waals surface area (Å²) >= 11 is 0. The van der Waals surface area contributed by atoms with Crippen molar-refractivity contribution in [1.82, 2.24) is 14.9 Å². The Morgan fingerprint density at radius 1 is 0.879 bits per heavy atom. The molecule has 7 heteroatoms. The molecule has 1 saturated heterocycles. The number of ether oxygens (including phenoxy) is 1. The first-order chi connectivity index (χ1) is 16.2. The monoisotopic (exact) mass is 439 g/mol. The van der Waals surface area contributed by atoms with E-state index >= 15 is 0 Å². The summed E-state index contributed by atoms with van der Waals surface area (Å²) < 4.78 is 5.24. The molecule has 0 atom stereocenters. The molecule has 1 fully saturated rings. The van der Waals surface area contributed by atoms with Crippen molar-refractivity contribution in [2.75, 3.05) is 43.5 Å². The Labute approximate surface area is 192 Å². The number of methoxy groups -OCH3 is 1. The Bertz CT molecular complexity index is 1270. The lowest BCUT2D eigenvalue weighted by Gasteiger charge is -2.36. The van der Waals surface area contributed by atoms with Gasteiger partial charge in [0.2, 0.25) is 0 Å². The average Bonchev–Trinajstić information content (AvgIpc) is 2.88. The molecule has 5 rings (SSSR count). The number of rotatable bonds is 4. The first-order valence-corrected chi connectivity index (χ1v) is 11.0. The standard InChI is InChI=1S/C26H25N5O2/c1-33-21-11-7-10-20(18-21)27-26(32)31-16-14-30(15-17-31)25-22-12-5-6-13-23(22)28-24(29-25)19-8-3-2-4-9-19/h2-13,18H,14-17H2,1H3,(H,27,32). The molecule has 1 aliphatic rings. The first-order valence-electron chi connectivity index (χ1n) is 11.0. The smallest absolute Gasteiger partial charge is 0.321 e. The van der Waals surface area contributed by atoms with Crippen LogP contribution in [0.5, 0.6) is 5.75 Å². The van der Waals surface area contributed by atoms with E-state index in [0.29, 0.717) is 37.8 Å². The molecule has 33 heavy (non-hydrogen) atoms. The number of nitrogens with zero attached hydrogens (tertiary/aromatic N) is 4. The van der Waals surface area contributed by atoms with Gasteiger partial charge in [0, 0.05) is 48.9 Å². The predicted molar refractivity (Wildman–Crippen MR) is 131 cm³/mol. The van der Waals surface area contributed by atoms with E-state index in [0.717, 1.165) is 28.0 Å². The summed E-state index contributed by atoms with van der Waals surface area (Å²) in [5.74, 6) is 2.33. The van der Waals surface area contributed by atoms with Gasteiger partial charge in [0.15, 0.2) is 5.82 Å². The molecule has 0 aliphatic carbocycles. The lowest BCUT2D eigenvalue weighted by Crippen LogP contribution is -2.50. The number of piperazine rings is 1. The molecule has 7 nitrogen and oxygen atoms in total. The van der Waals surface area contributed by atoms with E-state index in [1.165, 1.54) is 0 Å². The van der Waals surface area contributed by atoms with Gasteiger partial charge in [-0.05, 0) is 24.3 Å². The van der Waals surface area contributed by atoms with Crippen molar-refractivity contribution in [3.05, 3.63) is 78.9 Å². The van der Waals surface area contributed by atoms with Crippen molar-refractivity contribution in [2.24, 2.45) is 0 Å². The quantitative estimate of drug-likeness (QED) is 0.501. The van der Waals surface area contributed by atoms with Crippen LogP contribution in [0.1, 0.15) is 0 Å². The highest BCUT2D eigenvalue weighted by molar-refractivity contribution is 5.92. The largest absolute Gasteiger partial charge is 0.497 e. The van der Waals surface area contributed by atoms with E-state index in [2.05, 4.69) is 16.3 Å². The molecule has 2 heterocycles. The third-order valence-corrected chi connectivity index (χ3v) is 5.80. The van der Waals surface area contributed by atoms with Crippen LogP contribution in [0.4, 0.5) is 16.3 Å². The van der Waals surface area contributed by atoms with Gasteiger partial charge in [-0.3, -0.25) is 0 Å². The zero-order valence-electron chi connectivity index (χ0n) is 18.4. The summed E-state index contributed by atoms with van der Waals surface area (Å²) in [5, 5.41) is 3.98. The molecule has 0 bridgehead atoms. The maximum absolute atomic E-state index is 12.8. The summed E-state index contributed by atoms with van der Waals surface area (Å²) in [6, 6.07) is 25.4. The number of hydrogen-bond acceptors (Lipinski definition) is 5. The van der Waals surface area contributed by atoms with Gasteiger partial charge >= 0.3 is 6.03 Å². The highest BCUT2D eigenvalue weighted by Gasteiger charge is 2.24. The summed E-state index contributed by atoms with van der Waals surface area (Å²) in [6.07, 6.45) is 0. The Morgan fingerprint density at radius 2 is 1.64 bits per heavy atom. The lowest BCUT2D eigenvalue weighted by atomic mass is 10.1. The fourth-order valence-electron chi connectivity index (χ4n) is 4.04. The molecular weight excluding hydrogens is 414 g/mol. The average molecular weight is 440 g/mol. The highest BCUT2D eigenvalue weighted by atomic mass is 16.5. The number of urea groups is 1. The van der Waals surface area contributed by atoms with Crippen molar-refractivity contribution < 1.29 is 9.53 Å². The van der Waals surface area contributed by atoms with Crippen molar-refractivity contribution in [3.8, 4) is 17.1 Å². The molecule has 0 unspecified atom stereocenters. The van der Waals surface area contributed by atoms with Crippen LogP contribution < -0.4 is 15.0 Å². The second kappa shape index (κ2) is 9.16. The van der Waals surface area contributed by atoms with Gasteiger partial charge in [-0.1, -0.05) is 48.5 Å². The van der Waals surface area contributed by atoms with Crippen LogP contribution in [0.3, 0.4) is 0 Å². The van der Waals surface area contributed by atoms with Crippen LogP contribution in [-0.2, 0) is 0 Å². The second-order valence-corrected chi connectivity index (χ2v) is 7.89. The van der Waals surface area contributed by atoms with Gasteiger partial charge in [-0.25, -0.2) is 14.8 Å². The minimum absolute atomic E-state index is 0.111. The number of benzene rings is 3. The van der Waals surface area contributed by atoms with E-state index in [9.17, 15) is 4.79 Å². The summed E-state index contributed by atoms with van der Waals surface area (Å²) in [5.41, 5.74) is 2.62. The first kappa shape index (κ1) is 20.8. The summed E-state index contributed by atoms with van der Waals surface area (Å²) in [6.45, 7) is 2.60. The van der Waals surface area contributed by atoms with Crippen molar-refractivity contribution in [2.45, 2.75) is 0 Å². The number of fused-ring (bicyclic) bond motifs is 1. The molecule has 0 radical (unpaired) electrons. The zero-order valence-corrected chi connectivity index (χ0v) is 18.4. The highest BCUT2D eigenvalue weighted by Crippen LogP contribution is 2.28. The van der Waals surface area contributed by atoms with Crippen molar-refractivity contribution in [3.63, 3.8) is 0 Å². The Hall–Kier alpha value is -4.13. The van der Waals surface area contributed by atoms with E-state index < -0.39 is 0 Å². The maximum atomic E-state index is 12.8. The molecule has 1 aliphatic heterocycles. The van der Waals surface area contributed by atoms with Crippen LogP contribution in [-0.4, -0.2) is 54.2 Å². The van der Waals surface area contributed by atoms with Crippen LogP contribution in [0.25, 0.3) is 22.3 Å². The number of aromatic nitrogens is 2. The SMILES string of the molecule is COc1cccc(NC(=O)N2CCN(c3nc(-c4ccccc4)nc4ccccc34)CC2)c1. The van der Waals surface area contributed by atoms with E-state index in [1.807, 2.05) is 77.7 Å². The van der Waals surface area contributed by atoms with E-state index in [-0.39, 0.29) is 6.03 Å². The van der Waals surface area contributed by atoms with Gasteiger partial charge in [0.25, 0.3) is 0 Å². The van der Waals surface area contributed by atoms with Crippen LogP contribution in [0.15, 0.2) is 78.9 Å². The number of nitrogens with one attached hydrogen (secondary N) is 1. The van der Waals surface area contributed by atoms with E-state index in [4.69, 9.17) is 14.7 Å². The minimum atomic E-state index is -0.111. The lowest BCUT2D eigenvalue weighted by molar-refractivity contribution is 0.208. The zero-order chi connectivity index (χ0) is 22.6. The number of carbonyl (C=O) groups is 1. The van der Waals surface area contributed by atoms with Gasteiger partial charge in [0.1, 0.15) is 11.6 Å². The number of carbonyl (C=O) groups excluding carboxylic acids is 1. The fourth-order valence-corrected chi connectivity index (χ4v) is 4.04. The fraction of sp³-hybridized carbons (Fsp3) is 0.192. The maximum Gasteiger partial charge on any atom is 0.321 e. The minimum Gasteiger partial charge on any atom is -0.497 e. The van der Waals surface area contributed by atoms with Gasteiger partial charge in [-0.15, -0.1) is 0 Å². The third kappa shape index (κ3) is 4.43. The second-order valence-electron chi connectivity index (χ2n) is 7.89. The molecule has 1 aromatic heterocycles. The Morgan fingerprint density at radius 3 is 2.42 bits per heavy atom. The number of para-hydroxylation sites is 1. The number of anilines is 2. The van der Waals surface area contributed by atoms with Crippen LogP contribution in [0.2, 0.25) is 0 Å². The third-order valence-electron chi connectivity index (χ3n) is 5.80. The van der Waals surface area contributed by atoms with Gasteiger partial charge in [0.05, 0.1) is 12.6 Å². The normalized spacial score (nSPS) is 13.7. The number of amides is 2.